The summed E-state index contributed by atoms with van der Waals surface area (Å²) in [5, 5.41) is 0. The summed E-state index contributed by atoms with van der Waals surface area (Å²) in [5.41, 5.74) is 0. The van der Waals surface area contributed by atoms with Crippen LogP contribution in [0.1, 0.15) is 117 Å². The Bertz CT molecular complexity index is 253. The average Bonchev–Trinajstić information content (AvgIpc) is 2.56. The van der Waals surface area contributed by atoms with Gasteiger partial charge in [0.2, 0.25) is 0 Å². The van der Waals surface area contributed by atoms with Crippen LogP contribution in [0.15, 0.2) is 0 Å². The van der Waals surface area contributed by atoms with Gasteiger partial charge in [-0.15, -0.1) is 0 Å². The highest BCUT2D eigenvalue weighted by molar-refractivity contribution is 4.82. The summed E-state index contributed by atoms with van der Waals surface area (Å²) in [6.07, 6.45) is 24.3. The molecule has 22 heavy (non-hydrogen) atoms. The molecule has 0 bridgehead atoms. The predicted octanol–water partition coefficient (Wildman–Crippen LogP) is 7.76. The lowest BCUT2D eigenvalue weighted by molar-refractivity contribution is 0.140. The molecule has 2 fully saturated rings. The second kappa shape index (κ2) is 10.7. The molecule has 0 aliphatic heterocycles. The Balaban J connectivity index is 1.55. The molecule has 2 aliphatic carbocycles. The standard InChI is InChI=1S/C22H42/c1-3-5-6-7-8-10-20-13-17-22(18-14-20)21-15-11-19(9-4-2)12-16-21/h19-22H,3-18H2,1-2H3/t19-,20?,21-,22?. The Hall–Kier alpha value is 0. The largest absolute Gasteiger partial charge is 0.0654 e. The van der Waals surface area contributed by atoms with E-state index in [2.05, 4.69) is 13.8 Å². The van der Waals surface area contributed by atoms with Crippen LogP contribution in [0, 0.1) is 23.7 Å². The lowest BCUT2D eigenvalue weighted by Crippen LogP contribution is -2.25. The van der Waals surface area contributed by atoms with Crippen LogP contribution in [0.2, 0.25) is 0 Å². The molecule has 0 amide bonds. The first-order chi connectivity index (χ1) is 10.8. The lowest BCUT2D eigenvalue weighted by Gasteiger charge is -2.38. The van der Waals surface area contributed by atoms with Gasteiger partial charge in [-0.1, -0.05) is 90.9 Å². The molecule has 0 heteroatoms. The topological polar surface area (TPSA) is 0 Å². The lowest BCUT2D eigenvalue weighted by atomic mass is 9.68. The summed E-state index contributed by atoms with van der Waals surface area (Å²) in [6, 6.07) is 0. The first-order valence-corrected chi connectivity index (χ1v) is 10.8. The second-order valence-corrected chi connectivity index (χ2v) is 8.55. The van der Waals surface area contributed by atoms with E-state index in [-0.39, 0.29) is 0 Å². The Kier molecular flexibility index (Phi) is 8.93. The monoisotopic (exact) mass is 306 g/mol. The normalized spacial score (nSPS) is 33.0. The summed E-state index contributed by atoms with van der Waals surface area (Å²) in [6.45, 7) is 4.67. The molecule has 0 N–H and O–H groups in total. The van der Waals surface area contributed by atoms with Crippen LogP contribution in [-0.4, -0.2) is 0 Å². The SMILES string of the molecule is CCCCCCCC1CCC([C@H]2CC[C@H](CCC)CC2)CC1. The Morgan fingerprint density at radius 1 is 0.500 bits per heavy atom. The third kappa shape index (κ3) is 6.25. The molecule has 0 radical (unpaired) electrons. The van der Waals surface area contributed by atoms with E-state index in [9.17, 15) is 0 Å². The fourth-order valence-corrected chi connectivity index (χ4v) is 5.34. The van der Waals surface area contributed by atoms with Crippen LogP contribution in [-0.2, 0) is 0 Å². The highest BCUT2D eigenvalue weighted by Crippen LogP contribution is 2.43. The third-order valence-electron chi connectivity index (χ3n) is 6.86. The van der Waals surface area contributed by atoms with E-state index in [4.69, 9.17) is 0 Å². The molecule has 0 heterocycles. The fourth-order valence-electron chi connectivity index (χ4n) is 5.34. The minimum atomic E-state index is 1.08. The molecule has 2 aliphatic rings. The molecule has 130 valence electrons. The van der Waals surface area contributed by atoms with E-state index in [1.165, 1.54) is 44.9 Å². The van der Waals surface area contributed by atoms with Crippen molar-refractivity contribution in [3.63, 3.8) is 0 Å². The van der Waals surface area contributed by atoms with Gasteiger partial charge in [-0.05, 0) is 49.4 Å². The highest BCUT2D eigenvalue weighted by atomic mass is 14.4. The molecule has 0 nitrogen and oxygen atoms in total. The van der Waals surface area contributed by atoms with Crippen molar-refractivity contribution in [3.05, 3.63) is 0 Å². The third-order valence-corrected chi connectivity index (χ3v) is 6.86. The van der Waals surface area contributed by atoms with Crippen molar-refractivity contribution < 1.29 is 0 Å². The van der Waals surface area contributed by atoms with E-state index in [1.807, 2.05) is 0 Å². The maximum Gasteiger partial charge on any atom is -0.0386 e. The second-order valence-electron chi connectivity index (χ2n) is 8.55. The van der Waals surface area contributed by atoms with Gasteiger partial charge in [0, 0.05) is 0 Å². The zero-order chi connectivity index (χ0) is 15.6. The van der Waals surface area contributed by atoms with E-state index < -0.39 is 0 Å². The van der Waals surface area contributed by atoms with Crippen LogP contribution >= 0.6 is 0 Å². The van der Waals surface area contributed by atoms with Gasteiger partial charge in [0.05, 0.1) is 0 Å². The Morgan fingerprint density at radius 3 is 1.50 bits per heavy atom. The molecule has 0 aromatic heterocycles. The van der Waals surface area contributed by atoms with Gasteiger partial charge in [0.1, 0.15) is 0 Å². The maximum absolute atomic E-state index is 2.36. The first kappa shape index (κ1) is 18.3. The van der Waals surface area contributed by atoms with Crippen LogP contribution in [0.25, 0.3) is 0 Å². The Labute approximate surface area is 140 Å². The zero-order valence-corrected chi connectivity index (χ0v) is 15.6. The minimum Gasteiger partial charge on any atom is -0.0654 e. The Morgan fingerprint density at radius 2 is 1.00 bits per heavy atom. The fraction of sp³-hybridized carbons (Fsp3) is 1.00. The van der Waals surface area contributed by atoms with E-state index >= 15 is 0 Å². The molecule has 0 unspecified atom stereocenters. The van der Waals surface area contributed by atoms with Crippen LogP contribution < -0.4 is 0 Å². The molecule has 2 rings (SSSR count). The summed E-state index contributed by atoms with van der Waals surface area (Å²) in [4.78, 5) is 0. The number of hydrogen-bond donors (Lipinski definition) is 0. The number of rotatable bonds is 9. The summed E-state index contributed by atoms with van der Waals surface area (Å²) >= 11 is 0. The van der Waals surface area contributed by atoms with Crippen LogP contribution in [0.5, 0.6) is 0 Å². The molecular weight excluding hydrogens is 264 g/mol. The van der Waals surface area contributed by atoms with Gasteiger partial charge in [-0.25, -0.2) is 0 Å². The molecule has 0 atom stereocenters. The van der Waals surface area contributed by atoms with Crippen molar-refractivity contribution in [2.24, 2.45) is 23.7 Å². The van der Waals surface area contributed by atoms with Gasteiger partial charge >= 0.3 is 0 Å². The van der Waals surface area contributed by atoms with Gasteiger partial charge in [0.15, 0.2) is 0 Å². The van der Waals surface area contributed by atoms with Crippen molar-refractivity contribution in [1.29, 1.82) is 0 Å². The van der Waals surface area contributed by atoms with Gasteiger partial charge < -0.3 is 0 Å². The molecule has 0 aromatic carbocycles. The summed E-state index contributed by atoms with van der Waals surface area (Å²) in [5.74, 6) is 4.40. The first-order valence-electron chi connectivity index (χ1n) is 10.8. The van der Waals surface area contributed by atoms with E-state index in [0.717, 1.165) is 23.7 Å². The van der Waals surface area contributed by atoms with E-state index in [0.29, 0.717) is 0 Å². The number of unbranched alkanes of at least 4 members (excludes halogenated alkanes) is 4. The van der Waals surface area contributed by atoms with Gasteiger partial charge in [-0.3, -0.25) is 0 Å². The van der Waals surface area contributed by atoms with Crippen LogP contribution in [0.4, 0.5) is 0 Å². The summed E-state index contributed by atoms with van der Waals surface area (Å²) in [7, 11) is 0. The predicted molar refractivity (Wildman–Crippen MR) is 99.2 cm³/mol. The molecular formula is C22H42. The molecule has 0 spiro atoms. The summed E-state index contributed by atoms with van der Waals surface area (Å²) < 4.78 is 0. The van der Waals surface area contributed by atoms with Crippen molar-refractivity contribution >= 4 is 0 Å². The number of hydrogen-bond acceptors (Lipinski definition) is 0. The minimum absolute atomic E-state index is 1.08. The zero-order valence-electron chi connectivity index (χ0n) is 15.6. The van der Waals surface area contributed by atoms with Gasteiger partial charge in [-0.2, -0.15) is 0 Å². The van der Waals surface area contributed by atoms with E-state index in [1.54, 1.807) is 57.8 Å². The van der Waals surface area contributed by atoms with Crippen molar-refractivity contribution in [2.75, 3.05) is 0 Å². The van der Waals surface area contributed by atoms with Crippen molar-refractivity contribution in [3.8, 4) is 0 Å². The maximum atomic E-state index is 2.36. The smallest absolute Gasteiger partial charge is 0.0386 e. The van der Waals surface area contributed by atoms with Crippen molar-refractivity contribution in [2.45, 2.75) is 117 Å². The quantitative estimate of drug-likeness (QED) is 0.382. The average molecular weight is 307 g/mol. The van der Waals surface area contributed by atoms with Crippen LogP contribution in [0.3, 0.4) is 0 Å². The highest BCUT2D eigenvalue weighted by Gasteiger charge is 2.30. The molecule has 0 saturated heterocycles. The molecule has 2 saturated carbocycles. The van der Waals surface area contributed by atoms with Crippen molar-refractivity contribution in [1.82, 2.24) is 0 Å². The van der Waals surface area contributed by atoms with Gasteiger partial charge in [0.25, 0.3) is 0 Å². The molecule has 0 aromatic rings.